The second-order valence-electron chi connectivity index (χ2n) is 7.27. The fraction of sp³-hybridized carbons (Fsp3) is 1.00. The molecule has 120 valence electrons. The van der Waals surface area contributed by atoms with Crippen molar-refractivity contribution in [3.8, 4) is 0 Å². The molecule has 0 radical (unpaired) electrons. The van der Waals surface area contributed by atoms with Crippen LogP contribution in [0.5, 0.6) is 0 Å². The minimum atomic E-state index is -0.187. The van der Waals surface area contributed by atoms with E-state index in [1.807, 2.05) is 0 Å². The standard InChI is InChI=1S/C16H35N3O/c1-13(2)17-16(4,12-20)11-14(3)19(6)15-7-9-18(5)10-8-15/h13-15,17,20H,7-12H2,1-6H3. The maximum atomic E-state index is 9.72. The van der Waals surface area contributed by atoms with Crippen LogP contribution in [0.2, 0.25) is 0 Å². The second-order valence-corrected chi connectivity index (χ2v) is 7.27. The summed E-state index contributed by atoms with van der Waals surface area (Å²) < 4.78 is 0. The van der Waals surface area contributed by atoms with E-state index in [0.717, 1.165) is 6.42 Å². The summed E-state index contributed by atoms with van der Waals surface area (Å²) in [5.41, 5.74) is -0.187. The summed E-state index contributed by atoms with van der Waals surface area (Å²) in [6.45, 7) is 11.3. The van der Waals surface area contributed by atoms with Crippen molar-refractivity contribution in [1.29, 1.82) is 0 Å². The molecule has 0 aliphatic carbocycles. The molecule has 20 heavy (non-hydrogen) atoms. The fourth-order valence-corrected chi connectivity index (χ4v) is 3.42. The Morgan fingerprint density at radius 3 is 2.30 bits per heavy atom. The molecule has 0 aromatic heterocycles. The van der Waals surface area contributed by atoms with Crippen LogP contribution in [0.3, 0.4) is 0 Å². The van der Waals surface area contributed by atoms with Gasteiger partial charge in [0.2, 0.25) is 0 Å². The van der Waals surface area contributed by atoms with Gasteiger partial charge in [0.25, 0.3) is 0 Å². The normalized spacial score (nSPS) is 23.2. The molecule has 1 aliphatic heterocycles. The van der Waals surface area contributed by atoms with Crippen molar-refractivity contribution in [3.63, 3.8) is 0 Å². The first kappa shape index (κ1) is 17.9. The minimum Gasteiger partial charge on any atom is -0.394 e. The summed E-state index contributed by atoms with van der Waals surface area (Å²) in [5, 5.41) is 13.2. The summed E-state index contributed by atoms with van der Waals surface area (Å²) in [6, 6.07) is 1.56. The van der Waals surface area contributed by atoms with Gasteiger partial charge in [-0.05, 0) is 60.3 Å². The van der Waals surface area contributed by atoms with E-state index in [4.69, 9.17) is 0 Å². The molecule has 1 heterocycles. The van der Waals surface area contributed by atoms with Crippen LogP contribution >= 0.6 is 0 Å². The molecule has 0 bridgehead atoms. The fourth-order valence-electron chi connectivity index (χ4n) is 3.42. The molecule has 0 amide bonds. The third-order valence-corrected chi connectivity index (χ3v) is 4.69. The zero-order valence-electron chi connectivity index (χ0n) is 14.3. The summed E-state index contributed by atoms with van der Waals surface area (Å²) in [5.74, 6) is 0. The monoisotopic (exact) mass is 285 g/mol. The number of hydrogen-bond acceptors (Lipinski definition) is 4. The number of aliphatic hydroxyl groups is 1. The molecular formula is C16H35N3O. The van der Waals surface area contributed by atoms with Gasteiger partial charge in [0.15, 0.2) is 0 Å². The predicted molar refractivity (Wildman–Crippen MR) is 86.1 cm³/mol. The lowest BCUT2D eigenvalue weighted by Gasteiger charge is -2.42. The Bertz CT molecular complexity index is 277. The highest BCUT2D eigenvalue weighted by molar-refractivity contribution is 4.90. The lowest BCUT2D eigenvalue weighted by Crippen LogP contribution is -2.54. The molecule has 4 heteroatoms. The SMILES string of the molecule is CC(C)NC(C)(CO)CC(C)N(C)C1CCN(C)CC1. The van der Waals surface area contributed by atoms with Crippen molar-refractivity contribution >= 4 is 0 Å². The average molecular weight is 285 g/mol. The molecule has 1 fully saturated rings. The highest BCUT2D eigenvalue weighted by atomic mass is 16.3. The van der Waals surface area contributed by atoms with Gasteiger partial charge < -0.3 is 20.2 Å². The molecule has 0 saturated carbocycles. The number of rotatable bonds is 7. The number of nitrogens with one attached hydrogen (secondary N) is 1. The smallest absolute Gasteiger partial charge is 0.0611 e. The largest absolute Gasteiger partial charge is 0.394 e. The van der Waals surface area contributed by atoms with Crippen LogP contribution in [-0.2, 0) is 0 Å². The van der Waals surface area contributed by atoms with Crippen LogP contribution in [0.1, 0.15) is 47.0 Å². The maximum absolute atomic E-state index is 9.72. The first-order valence-electron chi connectivity index (χ1n) is 8.06. The van der Waals surface area contributed by atoms with Crippen molar-refractivity contribution in [1.82, 2.24) is 15.1 Å². The molecule has 0 spiro atoms. The van der Waals surface area contributed by atoms with Gasteiger partial charge in [-0.2, -0.15) is 0 Å². The van der Waals surface area contributed by atoms with E-state index < -0.39 is 0 Å². The number of aliphatic hydroxyl groups excluding tert-OH is 1. The van der Waals surface area contributed by atoms with E-state index in [1.165, 1.54) is 25.9 Å². The lowest BCUT2D eigenvalue weighted by molar-refractivity contribution is 0.0757. The maximum Gasteiger partial charge on any atom is 0.0611 e. The Morgan fingerprint density at radius 2 is 1.85 bits per heavy atom. The zero-order valence-corrected chi connectivity index (χ0v) is 14.3. The Hall–Kier alpha value is -0.160. The van der Waals surface area contributed by atoms with E-state index in [-0.39, 0.29) is 12.1 Å². The molecule has 1 aliphatic rings. The van der Waals surface area contributed by atoms with Crippen LogP contribution in [-0.4, -0.2) is 72.4 Å². The Kier molecular flexibility index (Phi) is 6.92. The quantitative estimate of drug-likeness (QED) is 0.744. The molecule has 0 aromatic rings. The summed E-state index contributed by atoms with van der Waals surface area (Å²) in [6.07, 6.45) is 3.49. The molecule has 2 unspecified atom stereocenters. The minimum absolute atomic E-state index is 0.187. The summed E-state index contributed by atoms with van der Waals surface area (Å²) in [7, 11) is 4.45. The Morgan fingerprint density at radius 1 is 1.30 bits per heavy atom. The second kappa shape index (κ2) is 7.74. The van der Waals surface area contributed by atoms with E-state index in [2.05, 4.69) is 56.9 Å². The van der Waals surface area contributed by atoms with Gasteiger partial charge in [0.1, 0.15) is 0 Å². The van der Waals surface area contributed by atoms with Crippen LogP contribution in [0.25, 0.3) is 0 Å². The molecule has 0 aromatic carbocycles. The average Bonchev–Trinajstić information content (AvgIpc) is 2.37. The first-order valence-corrected chi connectivity index (χ1v) is 8.06. The Labute approximate surface area is 125 Å². The molecule has 2 atom stereocenters. The van der Waals surface area contributed by atoms with Gasteiger partial charge in [-0.15, -0.1) is 0 Å². The highest BCUT2D eigenvalue weighted by Crippen LogP contribution is 2.22. The van der Waals surface area contributed by atoms with Crippen molar-refractivity contribution < 1.29 is 5.11 Å². The van der Waals surface area contributed by atoms with Crippen molar-refractivity contribution in [2.24, 2.45) is 0 Å². The van der Waals surface area contributed by atoms with Crippen molar-refractivity contribution in [3.05, 3.63) is 0 Å². The molecule has 1 rings (SSSR count). The van der Waals surface area contributed by atoms with Crippen LogP contribution in [0.4, 0.5) is 0 Å². The van der Waals surface area contributed by atoms with E-state index in [1.54, 1.807) is 0 Å². The summed E-state index contributed by atoms with van der Waals surface area (Å²) >= 11 is 0. The van der Waals surface area contributed by atoms with Crippen LogP contribution in [0, 0.1) is 0 Å². The van der Waals surface area contributed by atoms with Gasteiger partial charge >= 0.3 is 0 Å². The van der Waals surface area contributed by atoms with E-state index in [0.29, 0.717) is 18.1 Å². The van der Waals surface area contributed by atoms with E-state index in [9.17, 15) is 5.11 Å². The van der Waals surface area contributed by atoms with Crippen LogP contribution in [0.15, 0.2) is 0 Å². The Balaban J connectivity index is 2.53. The summed E-state index contributed by atoms with van der Waals surface area (Å²) in [4.78, 5) is 4.93. The van der Waals surface area contributed by atoms with Gasteiger partial charge in [-0.3, -0.25) is 0 Å². The van der Waals surface area contributed by atoms with Gasteiger partial charge in [-0.1, -0.05) is 13.8 Å². The van der Waals surface area contributed by atoms with Crippen molar-refractivity contribution in [2.75, 3.05) is 33.8 Å². The molecule has 2 N–H and O–H groups in total. The number of piperidine rings is 1. The zero-order chi connectivity index (χ0) is 15.3. The molecule has 4 nitrogen and oxygen atoms in total. The van der Waals surface area contributed by atoms with Gasteiger partial charge in [0.05, 0.1) is 6.61 Å². The predicted octanol–water partition coefficient (Wildman–Crippen LogP) is 1.54. The number of likely N-dealkylation sites (tertiary alicyclic amines) is 1. The van der Waals surface area contributed by atoms with E-state index >= 15 is 0 Å². The molecular weight excluding hydrogens is 250 g/mol. The molecule has 1 saturated heterocycles. The van der Waals surface area contributed by atoms with Crippen LogP contribution < -0.4 is 5.32 Å². The van der Waals surface area contributed by atoms with Gasteiger partial charge in [0, 0.05) is 23.7 Å². The number of hydrogen-bond donors (Lipinski definition) is 2. The third kappa shape index (κ3) is 5.32. The highest BCUT2D eigenvalue weighted by Gasteiger charge is 2.30. The number of nitrogens with zero attached hydrogens (tertiary/aromatic N) is 2. The van der Waals surface area contributed by atoms with Gasteiger partial charge in [-0.25, -0.2) is 0 Å². The lowest BCUT2D eigenvalue weighted by atomic mass is 9.91. The third-order valence-electron chi connectivity index (χ3n) is 4.69. The first-order chi connectivity index (χ1) is 9.27. The topological polar surface area (TPSA) is 38.7 Å². The van der Waals surface area contributed by atoms with Crippen molar-refractivity contribution in [2.45, 2.75) is 70.6 Å².